The molecule has 1 aliphatic heterocycles. The molecule has 110 valence electrons. The number of nitrogens with one attached hydrogen (secondary N) is 1. The van der Waals surface area contributed by atoms with E-state index >= 15 is 0 Å². The number of amides is 1. The molecule has 20 heavy (non-hydrogen) atoms. The minimum absolute atomic E-state index is 0.00581. The maximum atomic E-state index is 11.5. The summed E-state index contributed by atoms with van der Waals surface area (Å²) in [6, 6.07) is 0.208. The molecule has 0 bridgehead atoms. The molecule has 0 unspecified atom stereocenters. The number of ether oxygens (including phenoxy) is 1. The molecule has 0 radical (unpaired) electrons. The number of esters is 1. The molecule has 0 spiro atoms. The van der Waals surface area contributed by atoms with E-state index in [4.69, 9.17) is 11.6 Å². The molecular weight excluding hydrogens is 302 g/mol. The fourth-order valence-corrected chi connectivity index (χ4v) is 3.40. The van der Waals surface area contributed by atoms with E-state index in [1.54, 1.807) is 0 Å². The van der Waals surface area contributed by atoms with Gasteiger partial charge in [0.1, 0.15) is 0 Å². The van der Waals surface area contributed by atoms with E-state index in [9.17, 15) is 9.59 Å². The third kappa shape index (κ3) is 3.40. The Hall–Kier alpha value is -1.34. The van der Waals surface area contributed by atoms with E-state index in [1.807, 2.05) is 0 Å². The fourth-order valence-electron chi connectivity index (χ4n) is 2.15. The van der Waals surface area contributed by atoms with Crippen LogP contribution in [0, 0.1) is 0 Å². The van der Waals surface area contributed by atoms with Crippen molar-refractivity contribution in [3.8, 4) is 0 Å². The van der Waals surface area contributed by atoms with Crippen molar-refractivity contribution in [1.82, 2.24) is 10.3 Å². The number of carbonyl (C=O) groups excluding carboxylic acids is 2. The molecule has 2 heterocycles. The van der Waals surface area contributed by atoms with Gasteiger partial charge in [0.05, 0.1) is 7.11 Å². The molecule has 8 heteroatoms. The Balaban J connectivity index is 2.00. The molecule has 0 aliphatic carbocycles. The summed E-state index contributed by atoms with van der Waals surface area (Å²) >= 11 is 7.18. The molecule has 0 aromatic carbocycles. The van der Waals surface area contributed by atoms with Gasteiger partial charge in [0.25, 0.3) is 0 Å². The van der Waals surface area contributed by atoms with E-state index < -0.39 is 5.97 Å². The Morgan fingerprint density at radius 2 is 2.10 bits per heavy atom. The average Bonchev–Trinajstić information content (AvgIpc) is 2.80. The number of rotatable bonds is 3. The molecule has 1 aliphatic rings. The third-order valence-electron chi connectivity index (χ3n) is 3.12. The second-order valence-corrected chi connectivity index (χ2v) is 5.91. The van der Waals surface area contributed by atoms with Crippen LogP contribution in [0.2, 0.25) is 5.15 Å². The van der Waals surface area contributed by atoms with Crippen molar-refractivity contribution in [2.45, 2.75) is 25.8 Å². The van der Waals surface area contributed by atoms with Crippen molar-refractivity contribution in [2.75, 3.05) is 25.1 Å². The van der Waals surface area contributed by atoms with Crippen molar-refractivity contribution < 1.29 is 14.3 Å². The van der Waals surface area contributed by atoms with Crippen molar-refractivity contribution >= 4 is 39.9 Å². The zero-order chi connectivity index (χ0) is 14.7. The van der Waals surface area contributed by atoms with E-state index in [2.05, 4.69) is 19.9 Å². The number of hydrogen-bond donors (Lipinski definition) is 1. The Bertz CT molecular complexity index is 512. The van der Waals surface area contributed by atoms with Gasteiger partial charge in [-0.2, -0.15) is 0 Å². The van der Waals surface area contributed by atoms with Gasteiger partial charge in [-0.15, -0.1) is 0 Å². The highest BCUT2D eigenvalue weighted by molar-refractivity contribution is 7.18. The minimum atomic E-state index is -0.466. The fraction of sp³-hybridized carbons (Fsp3) is 0.583. The van der Waals surface area contributed by atoms with Crippen molar-refractivity contribution in [3.05, 3.63) is 10.0 Å². The van der Waals surface area contributed by atoms with Gasteiger partial charge in [-0.05, 0) is 12.8 Å². The molecule has 2 rings (SSSR count). The van der Waals surface area contributed by atoms with E-state index in [0.29, 0.717) is 4.88 Å². The highest BCUT2D eigenvalue weighted by atomic mass is 35.5. The van der Waals surface area contributed by atoms with Crippen molar-refractivity contribution in [3.63, 3.8) is 0 Å². The maximum Gasteiger partial charge on any atom is 0.351 e. The van der Waals surface area contributed by atoms with Crippen LogP contribution >= 0.6 is 22.9 Å². The van der Waals surface area contributed by atoms with Gasteiger partial charge in [-0.3, -0.25) is 4.79 Å². The zero-order valence-corrected chi connectivity index (χ0v) is 12.9. The third-order valence-corrected chi connectivity index (χ3v) is 4.60. The summed E-state index contributed by atoms with van der Waals surface area (Å²) in [5.74, 6) is -0.472. The monoisotopic (exact) mass is 317 g/mol. The molecule has 0 atom stereocenters. The zero-order valence-electron chi connectivity index (χ0n) is 11.3. The van der Waals surface area contributed by atoms with Crippen LogP contribution in [0.1, 0.15) is 29.4 Å². The molecule has 1 aromatic heterocycles. The Morgan fingerprint density at radius 3 is 2.65 bits per heavy atom. The number of carbonyl (C=O) groups is 2. The second kappa shape index (κ2) is 6.41. The molecule has 0 saturated carbocycles. The Kier molecular flexibility index (Phi) is 4.82. The summed E-state index contributed by atoms with van der Waals surface area (Å²) in [5.41, 5.74) is 0. The van der Waals surface area contributed by atoms with Crippen LogP contribution in [0.15, 0.2) is 0 Å². The quantitative estimate of drug-likeness (QED) is 0.859. The second-order valence-electron chi connectivity index (χ2n) is 4.57. The lowest BCUT2D eigenvalue weighted by molar-refractivity contribution is -0.119. The summed E-state index contributed by atoms with van der Waals surface area (Å²) in [5, 5.41) is 3.82. The summed E-state index contributed by atoms with van der Waals surface area (Å²) in [6.45, 7) is 3.07. The summed E-state index contributed by atoms with van der Waals surface area (Å²) in [7, 11) is 1.32. The summed E-state index contributed by atoms with van der Waals surface area (Å²) in [4.78, 5) is 29.1. The van der Waals surface area contributed by atoms with Gasteiger partial charge >= 0.3 is 5.97 Å². The first-order chi connectivity index (χ1) is 9.51. The average molecular weight is 318 g/mol. The van der Waals surface area contributed by atoms with E-state index in [0.717, 1.165) is 31.1 Å². The van der Waals surface area contributed by atoms with Crippen molar-refractivity contribution in [1.29, 1.82) is 0 Å². The molecule has 1 N–H and O–H groups in total. The predicted molar refractivity (Wildman–Crippen MR) is 77.5 cm³/mol. The summed E-state index contributed by atoms with van der Waals surface area (Å²) in [6.07, 6.45) is 1.70. The predicted octanol–water partition coefficient (Wildman–Crippen LogP) is 1.69. The minimum Gasteiger partial charge on any atom is -0.465 e. The smallest absolute Gasteiger partial charge is 0.351 e. The van der Waals surface area contributed by atoms with E-state index in [-0.39, 0.29) is 17.1 Å². The standard InChI is InChI=1S/C12H16ClN3O3S/c1-7(17)14-8-3-5-16(6-4-8)12-15-10(13)9(20-12)11(18)19-2/h8H,3-6H2,1-2H3,(H,14,17). The van der Waals surface area contributed by atoms with Gasteiger partial charge in [-0.25, -0.2) is 9.78 Å². The Morgan fingerprint density at radius 1 is 1.45 bits per heavy atom. The van der Waals surface area contributed by atoms with Gasteiger partial charge in [0.2, 0.25) is 5.91 Å². The van der Waals surface area contributed by atoms with Crippen LogP contribution < -0.4 is 10.2 Å². The molecular formula is C12H16ClN3O3S. The van der Waals surface area contributed by atoms with Gasteiger partial charge < -0.3 is 15.0 Å². The molecule has 6 nitrogen and oxygen atoms in total. The maximum absolute atomic E-state index is 11.5. The topological polar surface area (TPSA) is 71.5 Å². The first-order valence-electron chi connectivity index (χ1n) is 6.28. The van der Waals surface area contributed by atoms with Gasteiger partial charge in [0, 0.05) is 26.1 Å². The van der Waals surface area contributed by atoms with Crippen LogP contribution in [0.3, 0.4) is 0 Å². The molecule has 1 fully saturated rings. The molecule has 1 aromatic rings. The first kappa shape index (κ1) is 15.1. The van der Waals surface area contributed by atoms with Crippen LogP contribution in [-0.2, 0) is 9.53 Å². The SMILES string of the molecule is COC(=O)c1sc(N2CCC(NC(C)=O)CC2)nc1Cl. The number of anilines is 1. The number of aromatic nitrogens is 1. The van der Waals surface area contributed by atoms with Crippen LogP contribution in [-0.4, -0.2) is 43.1 Å². The number of methoxy groups -OCH3 is 1. The Labute approximate surface area is 126 Å². The van der Waals surface area contributed by atoms with Crippen molar-refractivity contribution in [2.24, 2.45) is 0 Å². The number of thiazole rings is 1. The lowest BCUT2D eigenvalue weighted by atomic mass is 10.1. The molecule has 1 saturated heterocycles. The molecule has 1 amide bonds. The van der Waals surface area contributed by atoms with Crippen LogP contribution in [0.5, 0.6) is 0 Å². The van der Waals surface area contributed by atoms with Crippen LogP contribution in [0.25, 0.3) is 0 Å². The number of halogens is 1. The van der Waals surface area contributed by atoms with Crippen LogP contribution in [0.4, 0.5) is 5.13 Å². The highest BCUT2D eigenvalue weighted by Gasteiger charge is 2.25. The summed E-state index contributed by atoms with van der Waals surface area (Å²) < 4.78 is 4.66. The number of piperidine rings is 1. The number of hydrogen-bond acceptors (Lipinski definition) is 6. The lowest BCUT2D eigenvalue weighted by Crippen LogP contribution is -2.44. The number of nitrogens with zero attached hydrogens (tertiary/aromatic N) is 2. The lowest BCUT2D eigenvalue weighted by Gasteiger charge is -2.31. The first-order valence-corrected chi connectivity index (χ1v) is 7.47. The van der Waals surface area contributed by atoms with Gasteiger partial charge in [-0.1, -0.05) is 22.9 Å². The largest absolute Gasteiger partial charge is 0.465 e. The van der Waals surface area contributed by atoms with E-state index in [1.165, 1.54) is 25.4 Å². The highest BCUT2D eigenvalue weighted by Crippen LogP contribution is 2.31. The normalized spacial score (nSPS) is 16.1. The van der Waals surface area contributed by atoms with Gasteiger partial charge in [0.15, 0.2) is 15.2 Å².